The summed E-state index contributed by atoms with van der Waals surface area (Å²) in [6.07, 6.45) is 1.22. The Bertz CT molecular complexity index is 1190. The van der Waals surface area contributed by atoms with E-state index >= 15 is 0 Å². The molecule has 2 amide bonds. The van der Waals surface area contributed by atoms with E-state index in [1.54, 1.807) is 22.8 Å². The largest absolute Gasteiger partial charge is 0.465 e. The Labute approximate surface area is 186 Å². The second kappa shape index (κ2) is 8.93. The summed E-state index contributed by atoms with van der Waals surface area (Å²) in [6.45, 7) is 0.492. The molecular weight excluding hydrogens is 438 g/mol. The highest BCUT2D eigenvalue weighted by molar-refractivity contribution is 7.12. The third-order valence-electron chi connectivity index (χ3n) is 5.46. The number of nitrogens with zero attached hydrogens (tertiary/aromatic N) is 4. The first-order valence-corrected chi connectivity index (χ1v) is 10.9. The average molecular weight is 459 g/mol. The minimum absolute atomic E-state index is 0.165. The van der Waals surface area contributed by atoms with Gasteiger partial charge in [-0.2, -0.15) is 0 Å². The molecule has 3 aromatic rings. The molecule has 11 nitrogen and oxygen atoms in total. The number of anilines is 1. The van der Waals surface area contributed by atoms with Crippen LogP contribution in [0.5, 0.6) is 0 Å². The van der Waals surface area contributed by atoms with Gasteiger partial charge in [0.1, 0.15) is 0 Å². The third-order valence-corrected chi connectivity index (χ3v) is 6.38. The molecule has 1 aliphatic heterocycles. The van der Waals surface area contributed by atoms with Crippen molar-refractivity contribution >= 4 is 46.0 Å². The number of carboxylic acid groups (broad SMARTS) is 1. The molecular formula is C20H21N5O6S. The van der Waals surface area contributed by atoms with E-state index in [2.05, 4.69) is 10.3 Å². The number of aliphatic hydroxyl groups excluding tert-OH is 1. The number of nitrogens with one attached hydrogen (secondary N) is 1. The summed E-state index contributed by atoms with van der Waals surface area (Å²) in [4.78, 5) is 40.9. The van der Waals surface area contributed by atoms with Crippen LogP contribution in [0.3, 0.4) is 0 Å². The standard InChI is InChI=1S/C20H21N5O6S/c26-10-12-4-5-15-16(7-12)24(13-3-1-2-6-23(9-13)20(28)29)19(21-15)22-18(27)17-8-14(11-32-17)25(30)31/h4-5,7-8,11,13,26H,1-3,6,9-10H2,(H,28,29)(H,21,22,27)/t13-/m1/s1. The zero-order valence-corrected chi connectivity index (χ0v) is 17.7. The van der Waals surface area contributed by atoms with Gasteiger partial charge in [-0.3, -0.25) is 20.2 Å². The molecule has 1 aliphatic rings. The van der Waals surface area contributed by atoms with E-state index in [1.807, 2.05) is 0 Å². The maximum absolute atomic E-state index is 12.8. The average Bonchev–Trinajstić information content (AvgIpc) is 3.31. The van der Waals surface area contributed by atoms with Crippen molar-refractivity contribution in [3.63, 3.8) is 0 Å². The molecule has 1 atom stereocenters. The number of likely N-dealkylation sites (tertiary alicyclic amines) is 1. The molecule has 0 aliphatic carbocycles. The van der Waals surface area contributed by atoms with Gasteiger partial charge in [0, 0.05) is 19.2 Å². The van der Waals surface area contributed by atoms with Crippen molar-refractivity contribution in [1.82, 2.24) is 14.5 Å². The molecule has 4 rings (SSSR count). The van der Waals surface area contributed by atoms with Crippen LogP contribution in [0.15, 0.2) is 29.6 Å². The molecule has 1 saturated heterocycles. The third kappa shape index (κ3) is 4.27. The van der Waals surface area contributed by atoms with Crippen molar-refractivity contribution in [2.45, 2.75) is 31.9 Å². The molecule has 2 aromatic heterocycles. The Morgan fingerprint density at radius 3 is 2.81 bits per heavy atom. The number of carbonyl (C=O) groups excluding carboxylic acids is 1. The number of hydrogen-bond donors (Lipinski definition) is 3. The summed E-state index contributed by atoms with van der Waals surface area (Å²) in [6, 6.07) is 6.15. The monoisotopic (exact) mass is 459 g/mol. The number of aromatic nitrogens is 2. The number of amides is 2. The van der Waals surface area contributed by atoms with E-state index in [0.29, 0.717) is 29.6 Å². The normalized spacial score (nSPS) is 16.7. The van der Waals surface area contributed by atoms with Gasteiger partial charge < -0.3 is 19.7 Å². The lowest BCUT2D eigenvalue weighted by Gasteiger charge is -2.25. The summed E-state index contributed by atoms with van der Waals surface area (Å²) >= 11 is 0.958. The first-order valence-electron chi connectivity index (χ1n) is 10.0. The Balaban J connectivity index is 1.75. The molecule has 0 saturated carbocycles. The minimum atomic E-state index is -1.01. The summed E-state index contributed by atoms with van der Waals surface area (Å²) in [5.41, 5.74) is 1.75. The van der Waals surface area contributed by atoms with Crippen LogP contribution in [-0.2, 0) is 6.61 Å². The molecule has 1 fully saturated rings. The van der Waals surface area contributed by atoms with Gasteiger partial charge in [-0.15, -0.1) is 11.3 Å². The van der Waals surface area contributed by atoms with E-state index < -0.39 is 16.9 Å². The number of thiophene rings is 1. The van der Waals surface area contributed by atoms with E-state index in [1.165, 1.54) is 16.3 Å². The minimum Gasteiger partial charge on any atom is -0.465 e. The van der Waals surface area contributed by atoms with Crippen molar-refractivity contribution in [1.29, 1.82) is 0 Å². The van der Waals surface area contributed by atoms with Gasteiger partial charge in [-0.25, -0.2) is 9.78 Å². The van der Waals surface area contributed by atoms with Crippen molar-refractivity contribution in [3.05, 3.63) is 50.2 Å². The van der Waals surface area contributed by atoms with Gasteiger partial charge in [0.05, 0.1) is 38.9 Å². The fourth-order valence-corrected chi connectivity index (χ4v) is 4.65. The van der Waals surface area contributed by atoms with E-state index in [4.69, 9.17) is 0 Å². The van der Waals surface area contributed by atoms with E-state index in [9.17, 15) is 29.9 Å². The van der Waals surface area contributed by atoms with Gasteiger partial charge >= 0.3 is 6.09 Å². The highest BCUT2D eigenvalue weighted by Gasteiger charge is 2.27. The predicted molar refractivity (Wildman–Crippen MR) is 117 cm³/mol. The molecule has 3 heterocycles. The Morgan fingerprint density at radius 1 is 1.31 bits per heavy atom. The highest BCUT2D eigenvalue weighted by atomic mass is 32.1. The fraction of sp³-hybridized carbons (Fsp3) is 0.350. The lowest BCUT2D eigenvalue weighted by atomic mass is 10.1. The van der Waals surface area contributed by atoms with Gasteiger partial charge in [-0.05, 0) is 37.0 Å². The van der Waals surface area contributed by atoms with Crippen LogP contribution >= 0.6 is 11.3 Å². The summed E-state index contributed by atoms with van der Waals surface area (Å²) in [7, 11) is 0. The fourth-order valence-electron chi connectivity index (χ4n) is 3.90. The van der Waals surface area contributed by atoms with Crippen molar-refractivity contribution in [2.75, 3.05) is 18.4 Å². The number of hydrogen-bond acceptors (Lipinski definition) is 7. The maximum Gasteiger partial charge on any atom is 0.407 e. The first-order chi connectivity index (χ1) is 15.4. The number of aliphatic hydroxyl groups is 1. The Hall–Kier alpha value is -3.51. The number of carbonyl (C=O) groups is 2. The number of nitro groups is 1. The van der Waals surface area contributed by atoms with Crippen LogP contribution in [0.2, 0.25) is 0 Å². The van der Waals surface area contributed by atoms with Crippen LogP contribution in [0.25, 0.3) is 11.0 Å². The second-order valence-electron chi connectivity index (χ2n) is 7.55. The van der Waals surface area contributed by atoms with E-state index in [-0.39, 0.29) is 35.7 Å². The number of rotatable bonds is 5. The Morgan fingerprint density at radius 2 is 2.12 bits per heavy atom. The van der Waals surface area contributed by atoms with Crippen LogP contribution in [-0.4, -0.2) is 54.7 Å². The highest BCUT2D eigenvalue weighted by Crippen LogP contribution is 2.31. The van der Waals surface area contributed by atoms with Gasteiger partial charge in [-0.1, -0.05) is 6.07 Å². The zero-order valence-electron chi connectivity index (χ0n) is 16.9. The van der Waals surface area contributed by atoms with Crippen LogP contribution in [0.4, 0.5) is 16.4 Å². The van der Waals surface area contributed by atoms with Crippen LogP contribution < -0.4 is 5.32 Å². The lowest BCUT2D eigenvalue weighted by Crippen LogP contribution is -2.34. The molecule has 0 spiro atoms. The van der Waals surface area contributed by atoms with Gasteiger partial charge in [0.15, 0.2) is 0 Å². The molecule has 3 N–H and O–H groups in total. The maximum atomic E-state index is 12.8. The lowest BCUT2D eigenvalue weighted by molar-refractivity contribution is -0.384. The van der Waals surface area contributed by atoms with Crippen LogP contribution in [0, 0.1) is 10.1 Å². The molecule has 168 valence electrons. The quantitative estimate of drug-likeness (QED) is 0.390. The topological polar surface area (TPSA) is 151 Å². The van der Waals surface area contributed by atoms with Crippen LogP contribution in [0.1, 0.15) is 40.5 Å². The molecule has 0 bridgehead atoms. The van der Waals surface area contributed by atoms with Crippen molar-refractivity contribution in [3.8, 4) is 0 Å². The number of benzene rings is 1. The number of imidazole rings is 1. The summed E-state index contributed by atoms with van der Waals surface area (Å²) < 4.78 is 1.80. The molecule has 12 heteroatoms. The molecule has 1 aromatic carbocycles. The Kier molecular flexibility index (Phi) is 6.06. The van der Waals surface area contributed by atoms with Crippen molar-refractivity contribution < 1.29 is 24.7 Å². The predicted octanol–water partition coefficient (Wildman–Crippen LogP) is 3.46. The summed E-state index contributed by atoms with van der Waals surface area (Å²) in [5, 5.41) is 34.1. The zero-order chi connectivity index (χ0) is 22.8. The second-order valence-corrected chi connectivity index (χ2v) is 8.46. The summed E-state index contributed by atoms with van der Waals surface area (Å²) in [5.74, 6) is -0.306. The van der Waals surface area contributed by atoms with Crippen molar-refractivity contribution in [2.24, 2.45) is 0 Å². The van der Waals surface area contributed by atoms with Gasteiger partial charge in [0.2, 0.25) is 5.95 Å². The SMILES string of the molecule is O=C(Nc1nc2ccc(CO)cc2n1[C@@H]1CCCCN(C(=O)O)C1)c1cc([N+](=O)[O-])cs1. The first kappa shape index (κ1) is 21.7. The molecule has 32 heavy (non-hydrogen) atoms. The van der Waals surface area contributed by atoms with Gasteiger partial charge in [0.25, 0.3) is 11.6 Å². The molecule has 0 radical (unpaired) electrons. The number of fused-ring (bicyclic) bond motifs is 1. The smallest absolute Gasteiger partial charge is 0.407 e. The van der Waals surface area contributed by atoms with E-state index in [0.717, 1.165) is 24.2 Å². The molecule has 0 unspecified atom stereocenters.